The van der Waals surface area contributed by atoms with Crippen LogP contribution in [0.1, 0.15) is 24.9 Å². The molecule has 1 heterocycles. The van der Waals surface area contributed by atoms with E-state index in [-0.39, 0.29) is 24.4 Å². The van der Waals surface area contributed by atoms with Gasteiger partial charge in [-0.25, -0.2) is 0 Å². The van der Waals surface area contributed by atoms with Gasteiger partial charge in [0.25, 0.3) is 0 Å². The number of nitrogens with one attached hydrogen (secondary N) is 1. The molecule has 1 aliphatic heterocycles. The minimum Gasteiger partial charge on any atom is -0.481 e. The average Bonchev–Trinajstić information content (AvgIpc) is 2.87. The molecule has 114 valence electrons. The van der Waals surface area contributed by atoms with Crippen molar-refractivity contribution in [2.75, 3.05) is 19.6 Å². The lowest BCUT2D eigenvalue weighted by molar-refractivity contribution is -0.141. The molecule has 2 N–H and O–H groups in total. The summed E-state index contributed by atoms with van der Waals surface area (Å²) in [7, 11) is 0. The highest BCUT2D eigenvalue weighted by molar-refractivity contribution is 9.10. The van der Waals surface area contributed by atoms with Crippen LogP contribution in [0.3, 0.4) is 0 Å². The van der Waals surface area contributed by atoms with E-state index in [1.807, 2.05) is 36.1 Å². The summed E-state index contributed by atoms with van der Waals surface area (Å²) in [5.41, 5.74) is 1.04. The van der Waals surface area contributed by atoms with Gasteiger partial charge >= 0.3 is 5.97 Å². The molecule has 0 spiro atoms. The summed E-state index contributed by atoms with van der Waals surface area (Å²) >= 11 is 3.38. The summed E-state index contributed by atoms with van der Waals surface area (Å²) in [4.78, 5) is 24.8. The molecule has 0 radical (unpaired) electrons. The second-order valence-electron chi connectivity index (χ2n) is 5.40. The molecule has 2 unspecified atom stereocenters. The van der Waals surface area contributed by atoms with Crippen LogP contribution < -0.4 is 5.32 Å². The van der Waals surface area contributed by atoms with E-state index in [0.717, 1.165) is 10.0 Å². The third-order valence-electron chi connectivity index (χ3n) is 3.74. The Kier molecular flexibility index (Phi) is 5.36. The van der Waals surface area contributed by atoms with E-state index in [0.29, 0.717) is 19.5 Å². The Morgan fingerprint density at radius 1 is 1.43 bits per heavy atom. The topological polar surface area (TPSA) is 69.6 Å². The quantitative estimate of drug-likeness (QED) is 0.848. The number of rotatable bonds is 5. The molecule has 1 fully saturated rings. The Balaban J connectivity index is 1.82. The number of hydrogen-bond acceptors (Lipinski definition) is 3. The number of benzene rings is 1. The number of aliphatic carboxylic acids is 1. The molecule has 2 atom stereocenters. The van der Waals surface area contributed by atoms with Crippen molar-refractivity contribution in [2.45, 2.75) is 19.4 Å². The molecular formula is C15H19BrN2O3. The van der Waals surface area contributed by atoms with Crippen LogP contribution in [0.4, 0.5) is 0 Å². The van der Waals surface area contributed by atoms with Crippen LogP contribution in [-0.4, -0.2) is 41.5 Å². The summed E-state index contributed by atoms with van der Waals surface area (Å²) in [6.45, 7) is 3.31. The fourth-order valence-electron chi connectivity index (χ4n) is 2.50. The van der Waals surface area contributed by atoms with Gasteiger partial charge in [-0.3, -0.25) is 14.5 Å². The summed E-state index contributed by atoms with van der Waals surface area (Å²) in [6.07, 6.45) is 0.616. The smallest absolute Gasteiger partial charge is 0.307 e. The molecule has 1 amide bonds. The fourth-order valence-corrected chi connectivity index (χ4v) is 2.77. The SMILES string of the molecule is CC(NC(=O)CN1CCC(C(=O)O)C1)c1ccc(Br)cc1. The molecule has 1 aromatic carbocycles. The maximum absolute atomic E-state index is 12.0. The Morgan fingerprint density at radius 2 is 2.10 bits per heavy atom. The molecule has 0 aliphatic carbocycles. The highest BCUT2D eigenvalue weighted by Gasteiger charge is 2.29. The summed E-state index contributed by atoms with van der Waals surface area (Å²) < 4.78 is 1.00. The Morgan fingerprint density at radius 3 is 2.67 bits per heavy atom. The normalized spacial score (nSPS) is 20.2. The van der Waals surface area contributed by atoms with Crippen LogP contribution in [0, 0.1) is 5.92 Å². The molecule has 5 nitrogen and oxygen atoms in total. The monoisotopic (exact) mass is 354 g/mol. The first kappa shape index (κ1) is 16.0. The second kappa shape index (κ2) is 7.04. The van der Waals surface area contributed by atoms with Crippen molar-refractivity contribution in [1.82, 2.24) is 10.2 Å². The van der Waals surface area contributed by atoms with E-state index in [9.17, 15) is 9.59 Å². The lowest BCUT2D eigenvalue weighted by atomic mass is 10.1. The van der Waals surface area contributed by atoms with Crippen molar-refractivity contribution >= 4 is 27.8 Å². The summed E-state index contributed by atoms with van der Waals surface area (Å²) in [5, 5.41) is 11.9. The van der Waals surface area contributed by atoms with Crippen LogP contribution in [0.15, 0.2) is 28.7 Å². The first-order valence-corrected chi connectivity index (χ1v) is 7.75. The number of carbonyl (C=O) groups is 2. The number of halogens is 1. The highest BCUT2D eigenvalue weighted by Crippen LogP contribution is 2.18. The Hall–Kier alpha value is -1.40. The van der Waals surface area contributed by atoms with Gasteiger partial charge in [0.2, 0.25) is 5.91 Å². The van der Waals surface area contributed by atoms with E-state index < -0.39 is 5.97 Å². The molecule has 1 aromatic rings. The van der Waals surface area contributed by atoms with Crippen LogP contribution in [0.25, 0.3) is 0 Å². The predicted octanol–water partition coefficient (Wildman–Crippen LogP) is 2.03. The molecule has 1 saturated heterocycles. The molecular weight excluding hydrogens is 336 g/mol. The van der Waals surface area contributed by atoms with Gasteiger partial charge in [0.1, 0.15) is 0 Å². The predicted molar refractivity (Wildman–Crippen MR) is 82.9 cm³/mol. The lowest BCUT2D eigenvalue weighted by Gasteiger charge is -2.18. The Labute approximate surface area is 132 Å². The molecule has 21 heavy (non-hydrogen) atoms. The molecule has 6 heteroatoms. The van der Waals surface area contributed by atoms with Gasteiger partial charge in [0, 0.05) is 11.0 Å². The highest BCUT2D eigenvalue weighted by atomic mass is 79.9. The maximum atomic E-state index is 12.0. The maximum Gasteiger partial charge on any atom is 0.307 e. The van der Waals surface area contributed by atoms with Crippen molar-refractivity contribution in [3.63, 3.8) is 0 Å². The van der Waals surface area contributed by atoms with Crippen LogP contribution >= 0.6 is 15.9 Å². The molecule has 0 aromatic heterocycles. The van der Waals surface area contributed by atoms with E-state index in [1.54, 1.807) is 0 Å². The molecule has 0 bridgehead atoms. The van der Waals surface area contributed by atoms with Crippen molar-refractivity contribution in [3.05, 3.63) is 34.3 Å². The minimum atomic E-state index is -0.777. The zero-order chi connectivity index (χ0) is 15.4. The van der Waals surface area contributed by atoms with Gasteiger partial charge < -0.3 is 10.4 Å². The Bertz CT molecular complexity index is 518. The number of amides is 1. The molecule has 0 saturated carbocycles. The first-order valence-electron chi connectivity index (χ1n) is 6.95. The van der Waals surface area contributed by atoms with Crippen molar-refractivity contribution in [1.29, 1.82) is 0 Å². The van der Waals surface area contributed by atoms with Gasteiger partial charge in [0.15, 0.2) is 0 Å². The van der Waals surface area contributed by atoms with Crippen molar-refractivity contribution in [2.24, 2.45) is 5.92 Å². The van der Waals surface area contributed by atoms with Crippen LogP contribution in [0.5, 0.6) is 0 Å². The second-order valence-corrected chi connectivity index (χ2v) is 6.32. The van der Waals surface area contributed by atoms with E-state index in [1.165, 1.54) is 0 Å². The number of carboxylic acids is 1. The van der Waals surface area contributed by atoms with E-state index >= 15 is 0 Å². The summed E-state index contributed by atoms with van der Waals surface area (Å²) in [6, 6.07) is 7.74. The van der Waals surface area contributed by atoms with Gasteiger partial charge in [-0.2, -0.15) is 0 Å². The van der Waals surface area contributed by atoms with Crippen LogP contribution in [-0.2, 0) is 9.59 Å². The minimum absolute atomic E-state index is 0.0662. The number of hydrogen-bond donors (Lipinski definition) is 2. The van der Waals surface area contributed by atoms with Gasteiger partial charge in [-0.05, 0) is 37.6 Å². The van der Waals surface area contributed by atoms with Crippen molar-refractivity contribution in [3.8, 4) is 0 Å². The van der Waals surface area contributed by atoms with Gasteiger partial charge in [-0.1, -0.05) is 28.1 Å². The zero-order valence-electron chi connectivity index (χ0n) is 11.9. The largest absolute Gasteiger partial charge is 0.481 e. The third-order valence-corrected chi connectivity index (χ3v) is 4.26. The zero-order valence-corrected chi connectivity index (χ0v) is 13.5. The number of likely N-dealkylation sites (tertiary alicyclic amines) is 1. The number of carboxylic acid groups (broad SMARTS) is 1. The van der Waals surface area contributed by atoms with Gasteiger partial charge in [0.05, 0.1) is 18.5 Å². The number of carbonyl (C=O) groups excluding carboxylic acids is 1. The molecule has 2 rings (SSSR count). The third kappa shape index (κ3) is 4.54. The first-order chi connectivity index (χ1) is 9.95. The van der Waals surface area contributed by atoms with Gasteiger partial charge in [-0.15, -0.1) is 0 Å². The standard InChI is InChI=1S/C15H19BrN2O3/c1-10(11-2-4-13(16)5-3-11)17-14(19)9-18-7-6-12(8-18)15(20)21/h2-5,10,12H,6-9H2,1H3,(H,17,19)(H,20,21). The number of nitrogens with zero attached hydrogens (tertiary/aromatic N) is 1. The van der Waals surface area contributed by atoms with E-state index in [2.05, 4.69) is 21.2 Å². The summed E-state index contributed by atoms with van der Waals surface area (Å²) in [5.74, 6) is -1.20. The average molecular weight is 355 g/mol. The van der Waals surface area contributed by atoms with Crippen LogP contribution in [0.2, 0.25) is 0 Å². The van der Waals surface area contributed by atoms with Crippen molar-refractivity contribution < 1.29 is 14.7 Å². The fraction of sp³-hybridized carbons (Fsp3) is 0.467. The van der Waals surface area contributed by atoms with E-state index in [4.69, 9.17) is 5.11 Å². The molecule has 1 aliphatic rings. The lowest BCUT2D eigenvalue weighted by Crippen LogP contribution is -2.37.